The Morgan fingerprint density at radius 2 is 1.54 bits per heavy atom. The molecule has 1 nitrogen and oxygen atoms in total. The molecular weight excluding hydrogens is 438 g/mol. The molecule has 0 saturated heterocycles. The van der Waals surface area contributed by atoms with Crippen LogP contribution in [-0.2, 0) is 13.4 Å². The van der Waals surface area contributed by atoms with Gasteiger partial charge in [0.25, 0.3) is 0 Å². The summed E-state index contributed by atoms with van der Waals surface area (Å²) >= 11 is 0. The number of pyridine rings is 1. The second-order valence-corrected chi connectivity index (χ2v) is 18.2. The first-order chi connectivity index (χ1) is 17.1. The van der Waals surface area contributed by atoms with Gasteiger partial charge in [0.2, 0.25) is 5.69 Å². The van der Waals surface area contributed by atoms with Gasteiger partial charge in [0.15, 0.2) is 6.20 Å². The van der Waals surface area contributed by atoms with Crippen LogP contribution in [0.5, 0.6) is 0 Å². The van der Waals surface area contributed by atoms with Crippen molar-refractivity contribution in [3.8, 4) is 22.4 Å². The molecule has 1 unspecified atom stereocenters. The highest BCUT2D eigenvalue weighted by atomic mass is 28.3. The Morgan fingerprint density at radius 1 is 0.943 bits per heavy atom. The zero-order valence-electron chi connectivity index (χ0n) is 27.1. The molecule has 0 aliphatic rings. The molecule has 0 aliphatic heterocycles. The van der Waals surface area contributed by atoms with Gasteiger partial charge in [0, 0.05) is 21.3 Å². The van der Waals surface area contributed by atoms with Crippen molar-refractivity contribution in [2.24, 2.45) is 17.9 Å². The predicted molar refractivity (Wildman–Crippen MR) is 157 cm³/mol. The SMILES string of the molecule is [2H]C([2H])(c1cc(-c2cc(-c3ccccc3)c([Si](C)(C)C)cc2C)[n+](C)cc1C([2H])(C)C(C)(C)C)C(C)(C)C. The van der Waals surface area contributed by atoms with Crippen LogP contribution in [0, 0.1) is 17.8 Å². The lowest BCUT2D eigenvalue weighted by molar-refractivity contribution is -0.661. The van der Waals surface area contributed by atoms with Crippen molar-refractivity contribution in [2.45, 2.75) is 87.3 Å². The van der Waals surface area contributed by atoms with E-state index in [9.17, 15) is 4.11 Å². The molecule has 0 aliphatic carbocycles. The van der Waals surface area contributed by atoms with E-state index >= 15 is 0 Å². The molecule has 2 aromatic carbocycles. The van der Waals surface area contributed by atoms with Crippen LogP contribution >= 0.6 is 0 Å². The van der Waals surface area contributed by atoms with Crippen molar-refractivity contribution < 1.29 is 8.68 Å². The molecule has 3 aromatic rings. The molecular formula is C33H48NSi+. The van der Waals surface area contributed by atoms with Crippen LogP contribution in [-0.4, -0.2) is 8.07 Å². The standard InChI is InChI=1S/C33H48NSi/c1-23-18-31(35(10,11)12)28(25-16-14-13-15-17-25)20-27(23)30-19-26(21-32(3,4)5)29(22-34(30)9)24(2)33(6,7)8/h13-20,22,24H,21H2,1-12H3/q+1/i21D2,24D. The quantitative estimate of drug-likeness (QED) is 0.250. The molecule has 0 spiro atoms. The average molecular weight is 490 g/mol. The zero-order valence-corrected chi connectivity index (χ0v) is 25.1. The summed E-state index contributed by atoms with van der Waals surface area (Å²) in [6.45, 7) is 23.3. The van der Waals surface area contributed by atoms with Crippen LogP contribution in [0.3, 0.4) is 0 Å². The van der Waals surface area contributed by atoms with Crippen LogP contribution < -0.4 is 9.75 Å². The number of aryl methyl sites for hydroxylation is 2. The van der Waals surface area contributed by atoms with Crippen molar-refractivity contribution in [1.29, 1.82) is 0 Å². The third-order valence-corrected chi connectivity index (χ3v) is 8.88. The minimum Gasteiger partial charge on any atom is -0.201 e. The van der Waals surface area contributed by atoms with Gasteiger partial charge in [0.1, 0.15) is 7.05 Å². The first-order valence-electron chi connectivity index (χ1n) is 14.4. The van der Waals surface area contributed by atoms with E-state index in [1.165, 1.54) is 21.9 Å². The fraction of sp³-hybridized carbons (Fsp3) is 0.485. The summed E-state index contributed by atoms with van der Waals surface area (Å²) in [6.07, 6.45) is 0.383. The summed E-state index contributed by atoms with van der Waals surface area (Å²) in [6, 6.07) is 17.3. The predicted octanol–water partition coefficient (Wildman–Crippen LogP) is 8.44. The molecule has 3 rings (SSSR count). The number of nitrogens with zero attached hydrogens (tertiary/aromatic N) is 1. The number of hydrogen-bond donors (Lipinski definition) is 0. The molecule has 1 atom stereocenters. The van der Waals surface area contributed by atoms with Gasteiger partial charge in [-0.25, -0.2) is 4.57 Å². The topological polar surface area (TPSA) is 3.88 Å². The Kier molecular flexibility index (Phi) is 6.43. The van der Waals surface area contributed by atoms with E-state index in [2.05, 4.69) is 94.4 Å². The highest BCUT2D eigenvalue weighted by molar-refractivity contribution is 6.89. The number of benzene rings is 2. The monoisotopic (exact) mass is 489 g/mol. The van der Waals surface area contributed by atoms with E-state index in [0.717, 1.165) is 16.8 Å². The molecule has 0 radical (unpaired) electrons. The first-order valence-corrected chi connectivity index (χ1v) is 16.4. The van der Waals surface area contributed by atoms with Gasteiger partial charge in [-0.05, 0) is 58.3 Å². The summed E-state index contributed by atoms with van der Waals surface area (Å²) in [4.78, 5) is 0. The van der Waals surface area contributed by atoms with Gasteiger partial charge in [0.05, 0.1) is 8.07 Å². The highest BCUT2D eigenvalue weighted by Gasteiger charge is 2.30. The van der Waals surface area contributed by atoms with E-state index in [0.29, 0.717) is 5.56 Å². The number of hydrogen-bond acceptors (Lipinski definition) is 0. The molecule has 0 saturated carbocycles. The molecule has 1 heterocycles. The van der Waals surface area contributed by atoms with E-state index in [1.54, 1.807) is 0 Å². The summed E-state index contributed by atoms with van der Waals surface area (Å²) in [5, 5.41) is 1.43. The van der Waals surface area contributed by atoms with Crippen molar-refractivity contribution >= 4 is 13.3 Å². The van der Waals surface area contributed by atoms with Crippen LogP contribution in [0.25, 0.3) is 22.4 Å². The molecule has 2 heteroatoms. The molecule has 0 bridgehead atoms. The molecule has 188 valence electrons. The van der Waals surface area contributed by atoms with Crippen LogP contribution in [0.15, 0.2) is 54.7 Å². The number of aromatic nitrogens is 1. The van der Waals surface area contributed by atoms with Crippen molar-refractivity contribution in [3.63, 3.8) is 0 Å². The Morgan fingerprint density at radius 3 is 2.06 bits per heavy atom. The summed E-state index contributed by atoms with van der Waals surface area (Å²) in [5.41, 5.74) is 6.08. The molecule has 1 aromatic heterocycles. The lowest BCUT2D eigenvalue weighted by Gasteiger charge is -2.30. The summed E-state index contributed by atoms with van der Waals surface area (Å²) in [7, 11) is 0.388. The molecule has 0 fully saturated rings. The smallest absolute Gasteiger partial charge is 0.201 e. The van der Waals surface area contributed by atoms with Crippen LogP contribution in [0.4, 0.5) is 0 Å². The fourth-order valence-corrected chi connectivity index (χ4v) is 6.26. The summed E-state index contributed by atoms with van der Waals surface area (Å²) in [5.74, 6) is -0.983. The van der Waals surface area contributed by atoms with Gasteiger partial charge < -0.3 is 0 Å². The Hall–Kier alpha value is -2.19. The second-order valence-electron chi connectivity index (χ2n) is 13.2. The van der Waals surface area contributed by atoms with Gasteiger partial charge >= 0.3 is 0 Å². The summed E-state index contributed by atoms with van der Waals surface area (Å²) < 4.78 is 30.1. The van der Waals surface area contributed by atoms with Crippen LogP contribution in [0.2, 0.25) is 19.6 Å². The zero-order chi connectivity index (χ0) is 29.1. The normalized spacial score (nSPS) is 16.3. The van der Waals surface area contributed by atoms with Crippen LogP contribution in [0.1, 0.15) is 75.2 Å². The molecule has 0 amide bonds. The van der Waals surface area contributed by atoms with E-state index < -0.39 is 25.8 Å². The van der Waals surface area contributed by atoms with Gasteiger partial charge in [-0.15, -0.1) is 0 Å². The second kappa shape index (κ2) is 9.69. The van der Waals surface area contributed by atoms with E-state index in [-0.39, 0.29) is 5.41 Å². The lowest BCUT2D eigenvalue weighted by Crippen LogP contribution is -2.39. The Labute approximate surface area is 220 Å². The largest absolute Gasteiger partial charge is 0.212 e. The third kappa shape index (κ3) is 6.33. The minimum absolute atomic E-state index is 0.375. The Bertz CT molecular complexity index is 1320. The maximum Gasteiger partial charge on any atom is 0.212 e. The van der Waals surface area contributed by atoms with E-state index in [4.69, 9.17) is 0 Å². The van der Waals surface area contributed by atoms with Gasteiger partial charge in [-0.1, -0.05) is 110 Å². The van der Waals surface area contributed by atoms with Gasteiger partial charge in [-0.3, -0.25) is 0 Å². The maximum absolute atomic E-state index is 9.43. The molecule has 0 N–H and O–H groups in total. The van der Waals surface area contributed by atoms with E-state index in [1.807, 2.05) is 47.0 Å². The van der Waals surface area contributed by atoms with Gasteiger partial charge in [-0.2, -0.15) is 0 Å². The van der Waals surface area contributed by atoms with Crippen molar-refractivity contribution in [1.82, 2.24) is 0 Å². The minimum atomic E-state index is -1.64. The maximum atomic E-state index is 9.43. The Balaban J connectivity index is 2.44. The molecule has 35 heavy (non-hydrogen) atoms. The fourth-order valence-electron chi connectivity index (χ4n) is 4.59. The first kappa shape index (κ1) is 23.2. The lowest BCUT2D eigenvalue weighted by atomic mass is 9.74. The highest BCUT2D eigenvalue weighted by Crippen LogP contribution is 2.39. The average Bonchev–Trinajstić information content (AvgIpc) is 2.77. The van der Waals surface area contributed by atoms with Crippen molar-refractivity contribution in [3.05, 3.63) is 71.4 Å². The third-order valence-electron chi connectivity index (χ3n) is 6.85. The van der Waals surface area contributed by atoms with Crippen molar-refractivity contribution in [2.75, 3.05) is 0 Å². The number of rotatable bonds is 5.